The molecule has 0 unspecified atom stereocenters. The van der Waals surface area contributed by atoms with Crippen LogP contribution in [0.3, 0.4) is 0 Å². The van der Waals surface area contributed by atoms with E-state index in [-0.39, 0.29) is 0 Å². The number of carbonyl (C=O) groups is 1. The third-order valence-electron chi connectivity index (χ3n) is 4.60. The van der Waals surface area contributed by atoms with Crippen molar-refractivity contribution in [2.45, 2.75) is 65.5 Å². The summed E-state index contributed by atoms with van der Waals surface area (Å²) < 4.78 is 2.26. The van der Waals surface area contributed by atoms with Crippen molar-refractivity contribution in [2.75, 3.05) is 6.54 Å². The van der Waals surface area contributed by atoms with E-state index < -0.39 is 0 Å². The fourth-order valence-electron chi connectivity index (χ4n) is 3.05. The van der Waals surface area contributed by atoms with Crippen LogP contribution in [0.1, 0.15) is 63.6 Å². The number of aromatic nitrogens is 1. The Morgan fingerprint density at radius 1 is 0.960 bits per heavy atom. The summed E-state index contributed by atoms with van der Waals surface area (Å²) in [6, 6.07) is 14.7. The number of unbranched alkanes of at least 4 members (excludes halogenated alkanes) is 3. The number of benzene rings is 1. The maximum absolute atomic E-state index is 12.6. The number of nitrogens with zero attached hydrogens (tertiary/aromatic N) is 2. The molecule has 0 spiro atoms. The van der Waals surface area contributed by atoms with Crippen molar-refractivity contribution in [2.24, 2.45) is 0 Å². The first-order valence-electron chi connectivity index (χ1n) is 9.70. The molecule has 1 aromatic carbocycles. The van der Waals surface area contributed by atoms with E-state index >= 15 is 0 Å². The van der Waals surface area contributed by atoms with Gasteiger partial charge in [-0.1, -0.05) is 63.4 Å². The summed E-state index contributed by atoms with van der Waals surface area (Å²) in [5.74, 6) is 0.300. The monoisotopic (exact) mass is 340 g/mol. The Morgan fingerprint density at radius 3 is 2.44 bits per heavy atom. The Hall–Kier alpha value is -2.03. The summed E-state index contributed by atoms with van der Waals surface area (Å²) in [5, 5.41) is 0. The number of hydrogen-bond donors (Lipinski definition) is 0. The third-order valence-corrected chi connectivity index (χ3v) is 4.60. The number of carbonyl (C=O) groups excluding carboxylic acids is 1. The minimum absolute atomic E-state index is 0.300. The molecule has 0 atom stereocenters. The molecular weight excluding hydrogens is 308 g/mol. The SMILES string of the molecule is CCCCCC(=O)N(CCCC)Cc1cccn1Cc1ccccc1. The lowest BCUT2D eigenvalue weighted by Gasteiger charge is -2.24. The van der Waals surface area contributed by atoms with Crippen LogP contribution in [0.15, 0.2) is 48.7 Å². The average molecular weight is 341 g/mol. The first kappa shape index (κ1) is 19.3. The summed E-state index contributed by atoms with van der Waals surface area (Å²) in [4.78, 5) is 14.7. The maximum Gasteiger partial charge on any atom is 0.222 e. The van der Waals surface area contributed by atoms with Crippen LogP contribution < -0.4 is 0 Å². The fraction of sp³-hybridized carbons (Fsp3) is 0.500. The van der Waals surface area contributed by atoms with Crippen molar-refractivity contribution < 1.29 is 4.79 Å². The van der Waals surface area contributed by atoms with Crippen molar-refractivity contribution in [1.82, 2.24) is 9.47 Å². The van der Waals surface area contributed by atoms with E-state index in [0.29, 0.717) is 18.9 Å². The van der Waals surface area contributed by atoms with E-state index in [1.54, 1.807) is 0 Å². The Bertz CT molecular complexity index is 618. The van der Waals surface area contributed by atoms with Gasteiger partial charge in [0.2, 0.25) is 5.91 Å². The highest BCUT2D eigenvalue weighted by atomic mass is 16.2. The van der Waals surface area contributed by atoms with Crippen LogP contribution in [-0.2, 0) is 17.9 Å². The number of amides is 1. The van der Waals surface area contributed by atoms with Crippen LogP contribution in [0.5, 0.6) is 0 Å². The Kier molecular flexibility index (Phi) is 8.30. The zero-order chi connectivity index (χ0) is 17.9. The minimum atomic E-state index is 0.300. The number of rotatable bonds is 11. The molecule has 25 heavy (non-hydrogen) atoms. The van der Waals surface area contributed by atoms with Gasteiger partial charge in [-0.2, -0.15) is 0 Å². The van der Waals surface area contributed by atoms with E-state index in [2.05, 4.69) is 65.9 Å². The van der Waals surface area contributed by atoms with E-state index in [1.165, 1.54) is 11.3 Å². The zero-order valence-corrected chi connectivity index (χ0v) is 15.8. The molecule has 1 aromatic heterocycles. The van der Waals surface area contributed by atoms with Gasteiger partial charge < -0.3 is 9.47 Å². The second-order valence-electron chi connectivity index (χ2n) is 6.74. The first-order chi connectivity index (χ1) is 12.2. The van der Waals surface area contributed by atoms with Gasteiger partial charge in [0.15, 0.2) is 0 Å². The molecule has 3 heteroatoms. The molecule has 0 radical (unpaired) electrons. The van der Waals surface area contributed by atoms with E-state index in [0.717, 1.165) is 45.2 Å². The fourth-order valence-corrected chi connectivity index (χ4v) is 3.05. The lowest BCUT2D eigenvalue weighted by Crippen LogP contribution is -2.32. The Labute approximate surface area is 152 Å². The summed E-state index contributed by atoms with van der Waals surface area (Å²) in [7, 11) is 0. The van der Waals surface area contributed by atoms with Gasteiger partial charge >= 0.3 is 0 Å². The van der Waals surface area contributed by atoms with E-state index in [9.17, 15) is 4.79 Å². The highest BCUT2D eigenvalue weighted by molar-refractivity contribution is 5.76. The molecule has 1 heterocycles. The van der Waals surface area contributed by atoms with Crippen LogP contribution in [-0.4, -0.2) is 21.9 Å². The molecule has 2 aromatic rings. The Morgan fingerprint density at radius 2 is 1.72 bits per heavy atom. The third kappa shape index (κ3) is 6.41. The van der Waals surface area contributed by atoms with Crippen molar-refractivity contribution in [3.63, 3.8) is 0 Å². The predicted molar refractivity (Wildman–Crippen MR) is 104 cm³/mol. The molecule has 0 fully saturated rings. The molecular formula is C22H32N2O. The lowest BCUT2D eigenvalue weighted by atomic mass is 10.1. The van der Waals surface area contributed by atoms with Gasteiger partial charge in [0, 0.05) is 31.4 Å². The molecule has 3 nitrogen and oxygen atoms in total. The van der Waals surface area contributed by atoms with Crippen LogP contribution >= 0.6 is 0 Å². The molecule has 0 saturated heterocycles. The van der Waals surface area contributed by atoms with Gasteiger partial charge in [-0.25, -0.2) is 0 Å². The van der Waals surface area contributed by atoms with Gasteiger partial charge in [-0.05, 0) is 30.5 Å². The highest BCUT2D eigenvalue weighted by Gasteiger charge is 2.15. The molecule has 0 aliphatic heterocycles. The van der Waals surface area contributed by atoms with Crippen LogP contribution in [0.4, 0.5) is 0 Å². The Balaban J connectivity index is 2.02. The maximum atomic E-state index is 12.6. The standard InChI is InChI=1S/C22H32N2O/c1-3-5-8-15-22(25)24(16-6-4-2)19-21-14-11-17-23(21)18-20-12-9-7-10-13-20/h7,9-14,17H,3-6,8,15-16,18-19H2,1-2H3. The minimum Gasteiger partial charge on any atom is -0.345 e. The molecule has 0 saturated carbocycles. The van der Waals surface area contributed by atoms with E-state index in [4.69, 9.17) is 0 Å². The highest BCUT2D eigenvalue weighted by Crippen LogP contribution is 2.13. The molecule has 0 bridgehead atoms. The predicted octanol–water partition coefficient (Wildman–Crippen LogP) is 5.25. The van der Waals surface area contributed by atoms with Gasteiger partial charge in [0.1, 0.15) is 0 Å². The lowest BCUT2D eigenvalue weighted by molar-refractivity contribution is -0.132. The van der Waals surface area contributed by atoms with Crippen LogP contribution in [0, 0.1) is 0 Å². The van der Waals surface area contributed by atoms with Crippen molar-refractivity contribution in [3.05, 3.63) is 59.9 Å². The number of hydrogen-bond acceptors (Lipinski definition) is 1. The molecule has 2 rings (SSSR count). The van der Waals surface area contributed by atoms with Gasteiger partial charge in [-0.15, -0.1) is 0 Å². The second-order valence-corrected chi connectivity index (χ2v) is 6.74. The summed E-state index contributed by atoms with van der Waals surface area (Å²) in [6.45, 7) is 6.78. The first-order valence-corrected chi connectivity index (χ1v) is 9.70. The smallest absolute Gasteiger partial charge is 0.222 e. The molecule has 136 valence electrons. The zero-order valence-electron chi connectivity index (χ0n) is 15.8. The van der Waals surface area contributed by atoms with Crippen molar-refractivity contribution >= 4 is 5.91 Å². The van der Waals surface area contributed by atoms with Gasteiger partial charge in [-0.3, -0.25) is 4.79 Å². The normalized spacial score (nSPS) is 10.8. The van der Waals surface area contributed by atoms with Crippen molar-refractivity contribution in [1.29, 1.82) is 0 Å². The van der Waals surface area contributed by atoms with Gasteiger partial charge in [0.25, 0.3) is 0 Å². The molecule has 0 aliphatic carbocycles. The summed E-state index contributed by atoms with van der Waals surface area (Å²) in [5.41, 5.74) is 2.50. The second kappa shape index (κ2) is 10.8. The molecule has 0 N–H and O–H groups in total. The topological polar surface area (TPSA) is 25.2 Å². The summed E-state index contributed by atoms with van der Waals surface area (Å²) in [6.07, 6.45) is 8.27. The largest absolute Gasteiger partial charge is 0.345 e. The van der Waals surface area contributed by atoms with Crippen molar-refractivity contribution in [3.8, 4) is 0 Å². The average Bonchev–Trinajstić information content (AvgIpc) is 3.06. The van der Waals surface area contributed by atoms with Crippen LogP contribution in [0.25, 0.3) is 0 Å². The summed E-state index contributed by atoms with van der Waals surface area (Å²) >= 11 is 0. The van der Waals surface area contributed by atoms with E-state index in [1.807, 2.05) is 6.07 Å². The van der Waals surface area contributed by atoms with Crippen LogP contribution in [0.2, 0.25) is 0 Å². The quantitative estimate of drug-likeness (QED) is 0.513. The van der Waals surface area contributed by atoms with Gasteiger partial charge in [0.05, 0.1) is 6.54 Å². The molecule has 0 aliphatic rings. The molecule has 1 amide bonds.